The summed E-state index contributed by atoms with van der Waals surface area (Å²) in [7, 11) is 0. The molecule has 0 amide bonds. The van der Waals surface area contributed by atoms with Gasteiger partial charge in [-0.05, 0) is 135 Å². The Hall–Kier alpha value is -1.15. The molecule has 2 heterocycles. The van der Waals surface area contributed by atoms with E-state index in [1.165, 1.54) is 51.0 Å². The zero-order chi connectivity index (χ0) is 33.3. The molecular formula is C39H62O7. The summed E-state index contributed by atoms with van der Waals surface area (Å²) >= 11 is 0. The van der Waals surface area contributed by atoms with Crippen LogP contribution >= 0.6 is 0 Å². The Labute approximate surface area is 277 Å². The predicted octanol–water partition coefficient (Wildman–Crippen LogP) is 7.46. The Kier molecular flexibility index (Phi) is 7.56. The molecule has 2 spiro atoms. The van der Waals surface area contributed by atoms with Gasteiger partial charge in [0.25, 0.3) is 0 Å². The van der Waals surface area contributed by atoms with Crippen molar-refractivity contribution in [2.24, 2.45) is 44.8 Å². The van der Waals surface area contributed by atoms with Crippen molar-refractivity contribution in [1.29, 1.82) is 0 Å². The normalized spacial score (nSPS) is 49.8. The number of allylic oxidation sites excluding steroid dienone is 2. The number of ether oxygens (including phenoxy) is 4. The van der Waals surface area contributed by atoms with Crippen molar-refractivity contribution in [3.63, 3.8) is 0 Å². The molecule has 7 nitrogen and oxygen atoms in total. The van der Waals surface area contributed by atoms with E-state index in [9.17, 15) is 15.0 Å². The van der Waals surface area contributed by atoms with Crippen LogP contribution in [0.4, 0.5) is 0 Å². The molecule has 12 unspecified atom stereocenters. The third kappa shape index (κ3) is 4.13. The van der Waals surface area contributed by atoms with E-state index in [0.717, 1.165) is 31.4 Å². The monoisotopic (exact) mass is 642 g/mol. The summed E-state index contributed by atoms with van der Waals surface area (Å²) in [6, 6.07) is 0. The zero-order valence-corrected chi connectivity index (χ0v) is 30.2. The lowest BCUT2D eigenvalue weighted by Crippen LogP contribution is -2.59. The van der Waals surface area contributed by atoms with E-state index in [2.05, 4.69) is 34.6 Å². The number of fused-ring (bicyclic) bond motifs is 3. The third-order valence-electron chi connectivity index (χ3n) is 16.1. The van der Waals surface area contributed by atoms with Gasteiger partial charge in [0.15, 0.2) is 6.29 Å². The third-order valence-corrected chi connectivity index (χ3v) is 16.1. The van der Waals surface area contributed by atoms with Gasteiger partial charge in [0.2, 0.25) is 0 Å². The second kappa shape index (κ2) is 10.4. The molecule has 1 saturated heterocycles. The molecular weight excluding hydrogens is 580 g/mol. The average Bonchev–Trinajstić information content (AvgIpc) is 3.36. The van der Waals surface area contributed by atoms with E-state index in [1.807, 2.05) is 6.92 Å². The Morgan fingerprint density at radius 1 is 1.04 bits per heavy atom. The summed E-state index contributed by atoms with van der Waals surface area (Å²) in [6.45, 7) is 20.2. The maximum Gasteiger partial charge on any atom is 0.303 e. The minimum atomic E-state index is -1.03. The lowest BCUT2D eigenvalue weighted by Gasteiger charge is -2.65. The largest absolute Gasteiger partial charge is 0.489 e. The van der Waals surface area contributed by atoms with Crippen LogP contribution in [0.3, 0.4) is 0 Å². The maximum absolute atomic E-state index is 11.9. The first-order chi connectivity index (χ1) is 21.4. The van der Waals surface area contributed by atoms with Crippen LogP contribution in [0.1, 0.15) is 139 Å². The summed E-state index contributed by atoms with van der Waals surface area (Å²) in [6.07, 6.45) is 11.0. The molecule has 12 atom stereocenters. The average molecular weight is 643 g/mol. The quantitative estimate of drug-likeness (QED) is 0.229. The van der Waals surface area contributed by atoms with Gasteiger partial charge < -0.3 is 29.2 Å². The van der Waals surface area contributed by atoms with Gasteiger partial charge in [-0.25, -0.2) is 0 Å². The number of aliphatic hydroxyl groups excluding tert-OH is 2. The minimum absolute atomic E-state index is 0.0470. The van der Waals surface area contributed by atoms with Gasteiger partial charge in [0.1, 0.15) is 17.3 Å². The number of rotatable bonds is 6. The standard InChI is InChI=1S/C39H62O7/c1-10-37-16-12-28-33(4,5)30(44-31-21-25(41)14-20-43-31)13-17-38(28)23(2)39(37,38)19-18-35(8)26-11-15-36(9,46-27(26)22-29(35)37)32(42)34(6,7)45-24(3)40/h23,25,28-32,41-42H,10-22H2,1-9H3. The Bertz CT molecular complexity index is 1290. The fourth-order valence-corrected chi connectivity index (χ4v) is 14.3. The molecule has 0 aromatic carbocycles. The number of hydrogen-bond acceptors (Lipinski definition) is 7. The molecule has 260 valence electrons. The van der Waals surface area contributed by atoms with Crippen LogP contribution < -0.4 is 0 Å². The molecule has 2 aliphatic heterocycles. The SMILES string of the molecule is CCC12CCC3C(C)(C)C(OC4CC(O)CCO4)CCC34C(C)C14CCC1(C)C3=C(CC12)OC(C)(C(O)C(C)(C)OC(C)=O)CC3. The van der Waals surface area contributed by atoms with Gasteiger partial charge in [0, 0.05) is 19.8 Å². The predicted molar refractivity (Wildman–Crippen MR) is 175 cm³/mol. The maximum atomic E-state index is 11.9. The Balaban J connectivity index is 1.16. The molecule has 5 aliphatic carbocycles. The second-order valence-electron chi connectivity index (χ2n) is 18.4. The van der Waals surface area contributed by atoms with Crippen LogP contribution in [0.25, 0.3) is 0 Å². The highest BCUT2D eigenvalue weighted by atomic mass is 16.7. The fourth-order valence-electron chi connectivity index (χ4n) is 14.3. The highest BCUT2D eigenvalue weighted by molar-refractivity contribution is 5.66. The Morgan fingerprint density at radius 3 is 2.46 bits per heavy atom. The molecule has 0 aromatic rings. The first-order valence-electron chi connectivity index (χ1n) is 18.7. The molecule has 7 heteroatoms. The topological polar surface area (TPSA) is 94.5 Å². The van der Waals surface area contributed by atoms with Gasteiger partial charge in [-0.2, -0.15) is 0 Å². The van der Waals surface area contributed by atoms with Crippen molar-refractivity contribution in [1.82, 2.24) is 0 Å². The molecule has 4 saturated carbocycles. The first kappa shape index (κ1) is 33.4. The van der Waals surface area contributed by atoms with E-state index in [1.54, 1.807) is 13.8 Å². The van der Waals surface area contributed by atoms with E-state index in [-0.39, 0.29) is 40.7 Å². The van der Waals surface area contributed by atoms with Gasteiger partial charge >= 0.3 is 5.97 Å². The smallest absolute Gasteiger partial charge is 0.303 e. The number of esters is 1. The summed E-state index contributed by atoms with van der Waals surface area (Å²) < 4.78 is 25.3. The van der Waals surface area contributed by atoms with Crippen molar-refractivity contribution in [3.8, 4) is 0 Å². The molecule has 5 fully saturated rings. The summed E-state index contributed by atoms with van der Waals surface area (Å²) in [5.74, 6) is 2.60. The highest BCUT2D eigenvalue weighted by Crippen LogP contribution is 2.93. The van der Waals surface area contributed by atoms with Crippen LogP contribution in [-0.4, -0.2) is 58.6 Å². The van der Waals surface area contributed by atoms with E-state index >= 15 is 0 Å². The Morgan fingerprint density at radius 2 is 1.78 bits per heavy atom. The second-order valence-corrected chi connectivity index (χ2v) is 18.4. The van der Waals surface area contributed by atoms with Crippen molar-refractivity contribution in [2.45, 2.75) is 175 Å². The van der Waals surface area contributed by atoms with Crippen LogP contribution in [0, 0.1) is 44.8 Å². The lowest BCUT2D eigenvalue weighted by molar-refractivity contribution is -0.252. The molecule has 7 rings (SSSR count). The van der Waals surface area contributed by atoms with Crippen molar-refractivity contribution in [2.75, 3.05) is 6.61 Å². The van der Waals surface area contributed by atoms with Gasteiger partial charge in [0.05, 0.1) is 24.6 Å². The highest BCUT2D eigenvalue weighted by Gasteiger charge is 2.88. The minimum Gasteiger partial charge on any atom is -0.489 e. The van der Waals surface area contributed by atoms with E-state index in [0.29, 0.717) is 48.0 Å². The molecule has 7 aliphatic rings. The van der Waals surface area contributed by atoms with Gasteiger partial charge in [-0.3, -0.25) is 4.79 Å². The molecule has 2 N–H and O–H groups in total. The fraction of sp³-hybridized carbons (Fsp3) is 0.923. The van der Waals surface area contributed by atoms with Crippen molar-refractivity contribution in [3.05, 3.63) is 11.3 Å². The van der Waals surface area contributed by atoms with E-state index < -0.39 is 17.3 Å². The van der Waals surface area contributed by atoms with Crippen molar-refractivity contribution >= 4 is 5.97 Å². The van der Waals surface area contributed by atoms with Crippen LogP contribution in [0.2, 0.25) is 0 Å². The van der Waals surface area contributed by atoms with Crippen molar-refractivity contribution < 1.29 is 34.0 Å². The molecule has 0 radical (unpaired) electrons. The van der Waals surface area contributed by atoms with Crippen LogP contribution in [0.5, 0.6) is 0 Å². The molecule has 0 bridgehead atoms. The van der Waals surface area contributed by atoms with Gasteiger partial charge in [-0.15, -0.1) is 0 Å². The molecule has 46 heavy (non-hydrogen) atoms. The summed E-state index contributed by atoms with van der Waals surface area (Å²) in [5.41, 5.74) is 0.804. The van der Waals surface area contributed by atoms with Crippen LogP contribution in [-0.2, 0) is 23.7 Å². The lowest BCUT2D eigenvalue weighted by atomic mass is 9.40. The number of hydrogen-bond donors (Lipinski definition) is 2. The molecule has 0 aromatic heterocycles. The summed E-state index contributed by atoms with van der Waals surface area (Å²) in [5, 5.41) is 21.9. The van der Waals surface area contributed by atoms with E-state index in [4.69, 9.17) is 18.9 Å². The number of carbonyl (C=O) groups excluding carboxylic acids is 1. The number of aliphatic hydroxyl groups is 2. The summed E-state index contributed by atoms with van der Waals surface area (Å²) in [4.78, 5) is 11.9. The first-order valence-corrected chi connectivity index (χ1v) is 18.7. The van der Waals surface area contributed by atoms with Crippen LogP contribution in [0.15, 0.2) is 11.3 Å². The zero-order valence-electron chi connectivity index (χ0n) is 30.2. The van der Waals surface area contributed by atoms with Gasteiger partial charge in [-0.1, -0.05) is 34.6 Å². The number of carbonyl (C=O) groups is 1.